The van der Waals surface area contributed by atoms with Gasteiger partial charge in [0.05, 0.1) is 17.6 Å². The maximum Gasteiger partial charge on any atom is 0.197 e. The number of aryl methyl sites for hydroxylation is 1. The lowest BCUT2D eigenvalue weighted by Crippen LogP contribution is -2.23. The van der Waals surface area contributed by atoms with E-state index in [-0.39, 0.29) is 5.92 Å². The van der Waals surface area contributed by atoms with Gasteiger partial charge in [0.2, 0.25) is 0 Å². The van der Waals surface area contributed by atoms with Gasteiger partial charge in [-0.2, -0.15) is 0 Å². The van der Waals surface area contributed by atoms with Gasteiger partial charge in [-0.15, -0.1) is 18.3 Å². The highest BCUT2D eigenvalue weighted by molar-refractivity contribution is 5.10. The Morgan fingerprint density at radius 3 is 2.57 bits per heavy atom. The molecule has 6 heteroatoms. The van der Waals surface area contributed by atoms with Crippen molar-refractivity contribution in [1.29, 1.82) is 0 Å². The first-order valence-electron chi connectivity index (χ1n) is 7.82. The van der Waals surface area contributed by atoms with Crippen molar-refractivity contribution in [3.63, 3.8) is 0 Å². The zero-order valence-corrected chi connectivity index (χ0v) is 14.2. The van der Waals surface area contributed by atoms with Crippen molar-refractivity contribution in [2.24, 2.45) is 0 Å². The van der Waals surface area contributed by atoms with Crippen molar-refractivity contribution in [2.75, 3.05) is 13.1 Å². The first-order valence-corrected chi connectivity index (χ1v) is 7.82. The molecule has 0 aliphatic heterocycles. The minimum atomic E-state index is 0.278. The molecule has 0 atom stereocenters. The molecule has 23 heavy (non-hydrogen) atoms. The third-order valence-corrected chi connectivity index (χ3v) is 3.46. The van der Waals surface area contributed by atoms with Crippen molar-refractivity contribution in [3.8, 4) is 0 Å². The van der Waals surface area contributed by atoms with Gasteiger partial charge in [0.25, 0.3) is 0 Å². The first kappa shape index (κ1) is 17.1. The number of aromatic nitrogens is 4. The molecule has 6 nitrogen and oxygen atoms in total. The summed E-state index contributed by atoms with van der Waals surface area (Å²) in [6, 6.07) is 0. The van der Waals surface area contributed by atoms with Crippen LogP contribution in [-0.2, 0) is 13.1 Å². The lowest BCUT2D eigenvalue weighted by atomic mass is 10.2. The summed E-state index contributed by atoms with van der Waals surface area (Å²) in [5.41, 5.74) is 1.82. The predicted octanol–water partition coefficient (Wildman–Crippen LogP) is 2.92. The Bertz CT molecular complexity index is 646. The smallest absolute Gasteiger partial charge is 0.197 e. The molecule has 0 amide bonds. The summed E-state index contributed by atoms with van der Waals surface area (Å²) in [5, 5.41) is 8.41. The molecule has 0 saturated heterocycles. The highest BCUT2D eigenvalue weighted by Crippen LogP contribution is 2.18. The van der Waals surface area contributed by atoms with Crippen molar-refractivity contribution in [1.82, 2.24) is 24.9 Å². The van der Waals surface area contributed by atoms with Crippen LogP contribution in [0.25, 0.3) is 0 Å². The van der Waals surface area contributed by atoms with Crippen LogP contribution in [0.1, 0.15) is 42.8 Å². The molecular formula is C17H25N5O. The number of hydrogen-bond acceptors (Lipinski definition) is 5. The zero-order chi connectivity index (χ0) is 16.8. The molecule has 0 aliphatic rings. The first-order chi connectivity index (χ1) is 11.0. The van der Waals surface area contributed by atoms with Crippen molar-refractivity contribution in [2.45, 2.75) is 39.8 Å². The molecule has 0 unspecified atom stereocenters. The highest BCUT2D eigenvalue weighted by Gasteiger charge is 2.14. The van der Waals surface area contributed by atoms with E-state index >= 15 is 0 Å². The van der Waals surface area contributed by atoms with E-state index in [2.05, 4.69) is 47.2 Å². The van der Waals surface area contributed by atoms with E-state index in [1.54, 1.807) is 4.68 Å². The molecule has 124 valence electrons. The molecular weight excluding hydrogens is 290 g/mol. The average molecular weight is 315 g/mol. The predicted molar refractivity (Wildman–Crippen MR) is 90.1 cm³/mol. The van der Waals surface area contributed by atoms with Gasteiger partial charge in [-0.05, 0) is 6.92 Å². The molecule has 0 saturated carbocycles. The van der Waals surface area contributed by atoms with Gasteiger partial charge >= 0.3 is 0 Å². The molecule has 2 rings (SSSR count). The summed E-state index contributed by atoms with van der Waals surface area (Å²) in [4.78, 5) is 6.64. The zero-order valence-electron chi connectivity index (χ0n) is 14.2. The van der Waals surface area contributed by atoms with E-state index in [4.69, 9.17) is 4.42 Å². The van der Waals surface area contributed by atoms with Gasteiger partial charge < -0.3 is 4.42 Å². The Morgan fingerprint density at radius 1 is 1.30 bits per heavy atom. The Labute approximate surface area is 137 Å². The minimum Gasteiger partial charge on any atom is -0.443 e. The van der Waals surface area contributed by atoms with E-state index in [0.717, 1.165) is 36.1 Å². The maximum atomic E-state index is 5.81. The van der Waals surface area contributed by atoms with Crippen LogP contribution in [0.4, 0.5) is 0 Å². The Hall–Kier alpha value is -2.21. The number of hydrogen-bond donors (Lipinski definition) is 0. The van der Waals surface area contributed by atoms with Gasteiger partial charge in [-0.25, -0.2) is 9.67 Å². The fourth-order valence-electron chi connectivity index (χ4n) is 2.28. The van der Waals surface area contributed by atoms with E-state index in [1.807, 2.05) is 25.3 Å². The molecule has 0 bridgehead atoms. The van der Waals surface area contributed by atoms with Gasteiger partial charge in [0, 0.05) is 25.6 Å². The number of nitrogens with zero attached hydrogens (tertiary/aromatic N) is 5. The van der Waals surface area contributed by atoms with Crippen LogP contribution in [-0.4, -0.2) is 38.0 Å². The molecule has 0 aromatic carbocycles. The van der Waals surface area contributed by atoms with Crippen molar-refractivity contribution in [3.05, 3.63) is 54.5 Å². The van der Waals surface area contributed by atoms with Crippen LogP contribution < -0.4 is 0 Å². The molecule has 0 aliphatic carbocycles. The van der Waals surface area contributed by atoms with E-state index in [1.165, 1.54) is 0 Å². The summed E-state index contributed by atoms with van der Waals surface area (Å²) in [5.74, 6) is 1.88. The average Bonchev–Trinajstić information content (AvgIpc) is 3.08. The number of rotatable bonds is 9. The van der Waals surface area contributed by atoms with Crippen LogP contribution >= 0.6 is 0 Å². The molecule has 2 heterocycles. The highest BCUT2D eigenvalue weighted by atomic mass is 16.4. The SMILES string of the molecule is C=CCN(CC=C)Cc1cn(Cc2oc(C(C)C)nc2C)nn1. The Kier molecular flexibility index (Phi) is 5.87. The minimum absolute atomic E-state index is 0.278. The summed E-state index contributed by atoms with van der Waals surface area (Å²) in [6.45, 7) is 16.5. The van der Waals surface area contributed by atoms with Crippen LogP contribution in [0.2, 0.25) is 0 Å². The third-order valence-electron chi connectivity index (χ3n) is 3.46. The largest absolute Gasteiger partial charge is 0.443 e. The normalized spacial score (nSPS) is 11.3. The van der Waals surface area contributed by atoms with Gasteiger partial charge in [0.15, 0.2) is 5.89 Å². The van der Waals surface area contributed by atoms with E-state index < -0.39 is 0 Å². The monoisotopic (exact) mass is 315 g/mol. The second-order valence-electron chi connectivity index (χ2n) is 5.89. The van der Waals surface area contributed by atoms with Crippen LogP contribution in [0.5, 0.6) is 0 Å². The van der Waals surface area contributed by atoms with Crippen LogP contribution in [0, 0.1) is 6.92 Å². The lowest BCUT2D eigenvalue weighted by molar-refractivity contribution is 0.323. The van der Waals surface area contributed by atoms with Gasteiger partial charge in [-0.1, -0.05) is 31.2 Å². The second-order valence-corrected chi connectivity index (χ2v) is 5.89. The summed E-state index contributed by atoms with van der Waals surface area (Å²) in [7, 11) is 0. The van der Waals surface area contributed by atoms with Crippen LogP contribution in [0.15, 0.2) is 35.9 Å². The Morgan fingerprint density at radius 2 is 2.00 bits per heavy atom. The molecule has 0 radical (unpaired) electrons. The lowest BCUT2D eigenvalue weighted by Gasteiger charge is -2.16. The molecule has 2 aromatic heterocycles. The fourth-order valence-corrected chi connectivity index (χ4v) is 2.28. The molecule has 2 aromatic rings. The van der Waals surface area contributed by atoms with Gasteiger partial charge in [-0.3, -0.25) is 4.90 Å². The fraction of sp³-hybridized carbons (Fsp3) is 0.471. The van der Waals surface area contributed by atoms with Gasteiger partial charge in [0.1, 0.15) is 12.3 Å². The molecule has 0 fully saturated rings. The molecule has 0 N–H and O–H groups in total. The number of oxazole rings is 1. The third kappa shape index (κ3) is 4.63. The topological polar surface area (TPSA) is 60.0 Å². The quantitative estimate of drug-likeness (QED) is 0.666. The van der Waals surface area contributed by atoms with E-state index in [9.17, 15) is 0 Å². The standard InChI is InChI=1S/C17H25N5O/c1-6-8-21(9-7-2)10-15-11-22(20-19-15)12-16-14(5)18-17(23-16)13(3)4/h6-7,11,13H,1-2,8-10,12H2,3-5H3. The summed E-state index contributed by atoms with van der Waals surface area (Å²) in [6.07, 6.45) is 5.69. The molecule has 0 spiro atoms. The van der Waals surface area contributed by atoms with Crippen molar-refractivity contribution >= 4 is 0 Å². The summed E-state index contributed by atoms with van der Waals surface area (Å²) >= 11 is 0. The van der Waals surface area contributed by atoms with Crippen molar-refractivity contribution < 1.29 is 4.42 Å². The Balaban J connectivity index is 2.04. The maximum absolute atomic E-state index is 5.81. The summed E-state index contributed by atoms with van der Waals surface area (Å²) < 4.78 is 7.60. The second kappa shape index (κ2) is 7.87. The van der Waals surface area contributed by atoms with Crippen LogP contribution in [0.3, 0.4) is 0 Å². The van der Waals surface area contributed by atoms with E-state index in [0.29, 0.717) is 13.1 Å².